The molecule has 0 aromatic carbocycles. The highest BCUT2D eigenvalue weighted by Crippen LogP contribution is 2.00. The minimum Gasteiger partial charge on any atom is -0.288 e. The molecule has 0 aliphatic carbocycles. The van der Waals surface area contributed by atoms with Crippen LogP contribution < -0.4 is 10.9 Å². The smallest absolute Gasteiger partial charge is 0.260 e. The Bertz CT molecular complexity index is 173. The first kappa shape index (κ1) is 11.2. The molecule has 0 heterocycles. The largest absolute Gasteiger partial charge is 0.288 e. The summed E-state index contributed by atoms with van der Waals surface area (Å²) < 4.78 is 0. The van der Waals surface area contributed by atoms with Crippen LogP contribution in [0.4, 0.5) is 0 Å². The molecule has 1 amide bonds. The number of amides is 1. The van der Waals surface area contributed by atoms with Gasteiger partial charge in [-0.3, -0.25) is 10.2 Å². The van der Waals surface area contributed by atoms with Gasteiger partial charge in [-0.1, -0.05) is 26.8 Å². The first-order valence-corrected chi connectivity index (χ1v) is 4.29. The number of nitrogens with one attached hydrogen (secondary N) is 2. The predicted octanol–water partition coefficient (Wildman–Crippen LogP) is 1.23. The molecule has 70 valence electrons. The monoisotopic (exact) mass is 170 g/mol. The second-order valence-electron chi connectivity index (χ2n) is 3.08. The van der Waals surface area contributed by atoms with E-state index in [1.807, 2.05) is 33.8 Å². The van der Waals surface area contributed by atoms with Gasteiger partial charge in [0.05, 0.1) is 0 Å². The third-order valence-electron chi connectivity index (χ3n) is 1.32. The SMILES string of the molecule is CCNNC(=O)C(C)=CC(C)C. The van der Waals surface area contributed by atoms with Crippen molar-refractivity contribution in [2.75, 3.05) is 6.54 Å². The van der Waals surface area contributed by atoms with Crippen LogP contribution in [0.25, 0.3) is 0 Å². The van der Waals surface area contributed by atoms with Crippen LogP contribution in [0.2, 0.25) is 0 Å². The van der Waals surface area contributed by atoms with E-state index in [2.05, 4.69) is 10.9 Å². The third kappa shape index (κ3) is 4.91. The summed E-state index contributed by atoms with van der Waals surface area (Å²) in [6, 6.07) is 0. The molecule has 0 aliphatic rings. The van der Waals surface area contributed by atoms with E-state index in [9.17, 15) is 4.79 Å². The van der Waals surface area contributed by atoms with Gasteiger partial charge in [0.2, 0.25) is 0 Å². The fourth-order valence-corrected chi connectivity index (χ4v) is 0.843. The quantitative estimate of drug-likeness (QED) is 0.492. The Morgan fingerprint density at radius 2 is 2.08 bits per heavy atom. The zero-order chi connectivity index (χ0) is 9.56. The van der Waals surface area contributed by atoms with Gasteiger partial charge in [-0.15, -0.1) is 0 Å². The van der Waals surface area contributed by atoms with Gasteiger partial charge in [0.1, 0.15) is 0 Å². The van der Waals surface area contributed by atoms with Gasteiger partial charge in [0.25, 0.3) is 5.91 Å². The average Bonchev–Trinajstić information content (AvgIpc) is 1.98. The Morgan fingerprint density at radius 1 is 1.50 bits per heavy atom. The van der Waals surface area contributed by atoms with Gasteiger partial charge in [0.15, 0.2) is 0 Å². The molecule has 2 N–H and O–H groups in total. The highest BCUT2D eigenvalue weighted by atomic mass is 16.2. The van der Waals surface area contributed by atoms with E-state index >= 15 is 0 Å². The molecule has 0 radical (unpaired) electrons. The van der Waals surface area contributed by atoms with Crippen molar-refractivity contribution < 1.29 is 4.79 Å². The van der Waals surface area contributed by atoms with Gasteiger partial charge in [0, 0.05) is 12.1 Å². The number of carbonyl (C=O) groups is 1. The number of rotatable bonds is 4. The van der Waals surface area contributed by atoms with Crippen molar-refractivity contribution in [1.29, 1.82) is 0 Å². The first-order valence-electron chi connectivity index (χ1n) is 4.29. The lowest BCUT2D eigenvalue weighted by Crippen LogP contribution is -2.37. The number of hydrogen-bond donors (Lipinski definition) is 2. The fourth-order valence-electron chi connectivity index (χ4n) is 0.843. The van der Waals surface area contributed by atoms with Gasteiger partial charge in [-0.25, -0.2) is 5.43 Å². The molecular formula is C9H18N2O. The van der Waals surface area contributed by atoms with E-state index in [1.54, 1.807) is 0 Å². The van der Waals surface area contributed by atoms with Gasteiger partial charge >= 0.3 is 0 Å². The van der Waals surface area contributed by atoms with Crippen molar-refractivity contribution in [3.05, 3.63) is 11.6 Å². The van der Waals surface area contributed by atoms with E-state index in [1.165, 1.54) is 0 Å². The number of hydrazine groups is 1. The minimum atomic E-state index is -0.0504. The fraction of sp³-hybridized carbons (Fsp3) is 0.667. The van der Waals surface area contributed by atoms with Crippen LogP contribution >= 0.6 is 0 Å². The zero-order valence-corrected chi connectivity index (χ0v) is 8.27. The number of allylic oxidation sites excluding steroid dienone is 1. The summed E-state index contributed by atoms with van der Waals surface area (Å²) in [4.78, 5) is 11.2. The van der Waals surface area contributed by atoms with Crippen molar-refractivity contribution >= 4 is 5.91 Å². The molecule has 3 nitrogen and oxygen atoms in total. The highest BCUT2D eigenvalue weighted by Gasteiger charge is 2.02. The Morgan fingerprint density at radius 3 is 2.50 bits per heavy atom. The van der Waals surface area contributed by atoms with Gasteiger partial charge < -0.3 is 0 Å². The minimum absolute atomic E-state index is 0.0504. The molecule has 0 aromatic heterocycles. The number of carbonyl (C=O) groups excluding carboxylic acids is 1. The summed E-state index contributed by atoms with van der Waals surface area (Å²) in [5, 5.41) is 0. The standard InChI is InChI=1S/C9H18N2O/c1-5-10-11-9(12)8(4)6-7(2)3/h6-7,10H,5H2,1-4H3,(H,11,12). The first-order chi connectivity index (χ1) is 5.57. The van der Waals surface area contributed by atoms with E-state index < -0.39 is 0 Å². The normalized spacial score (nSPS) is 11.9. The third-order valence-corrected chi connectivity index (χ3v) is 1.32. The van der Waals surface area contributed by atoms with Gasteiger partial charge in [-0.05, 0) is 12.8 Å². The molecule has 0 aliphatic heterocycles. The molecule has 0 aromatic rings. The summed E-state index contributed by atoms with van der Waals surface area (Å²) in [6.07, 6.45) is 1.94. The molecule has 12 heavy (non-hydrogen) atoms. The Balaban J connectivity index is 3.92. The molecule has 0 saturated heterocycles. The van der Waals surface area contributed by atoms with Crippen molar-refractivity contribution in [3.8, 4) is 0 Å². The summed E-state index contributed by atoms with van der Waals surface area (Å²) in [5.41, 5.74) is 6.10. The second-order valence-corrected chi connectivity index (χ2v) is 3.08. The van der Waals surface area contributed by atoms with Crippen molar-refractivity contribution in [2.24, 2.45) is 5.92 Å². The average molecular weight is 170 g/mol. The maximum absolute atomic E-state index is 11.2. The maximum Gasteiger partial charge on any atom is 0.260 e. The second kappa shape index (κ2) is 5.77. The molecule has 0 bridgehead atoms. The van der Waals surface area contributed by atoms with Crippen LogP contribution in [0.1, 0.15) is 27.7 Å². The zero-order valence-electron chi connectivity index (χ0n) is 8.27. The van der Waals surface area contributed by atoms with Crippen molar-refractivity contribution in [3.63, 3.8) is 0 Å². The van der Waals surface area contributed by atoms with Crippen LogP contribution in [0, 0.1) is 5.92 Å². The molecule has 3 heteroatoms. The van der Waals surface area contributed by atoms with E-state index in [4.69, 9.17) is 0 Å². The maximum atomic E-state index is 11.2. The Hall–Kier alpha value is -0.830. The number of hydrogen-bond acceptors (Lipinski definition) is 2. The van der Waals surface area contributed by atoms with Crippen LogP contribution in [0.5, 0.6) is 0 Å². The van der Waals surface area contributed by atoms with Gasteiger partial charge in [-0.2, -0.15) is 0 Å². The molecule has 0 rings (SSSR count). The van der Waals surface area contributed by atoms with E-state index in [0.717, 1.165) is 12.1 Å². The molecule has 0 unspecified atom stereocenters. The Labute approximate surface area is 74.2 Å². The molecule has 0 fully saturated rings. The Kier molecular flexibility index (Phi) is 5.37. The summed E-state index contributed by atoms with van der Waals surface area (Å²) in [7, 11) is 0. The van der Waals surface area contributed by atoms with Crippen molar-refractivity contribution in [1.82, 2.24) is 10.9 Å². The molecule has 0 spiro atoms. The van der Waals surface area contributed by atoms with Crippen molar-refractivity contribution in [2.45, 2.75) is 27.7 Å². The summed E-state index contributed by atoms with van der Waals surface area (Å²) >= 11 is 0. The van der Waals surface area contributed by atoms with Crippen LogP contribution in [0.15, 0.2) is 11.6 Å². The lowest BCUT2D eigenvalue weighted by molar-refractivity contribution is -0.118. The predicted molar refractivity (Wildman–Crippen MR) is 50.4 cm³/mol. The van der Waals surface area contributed by atoms with E-state index in [0.29, 0.717) is 5.92 Å². The lowest BCUT2D eigenvalue weighted by atomic mass is 10.1. The lowest BCUT2D eigenvalue weighted by Gasteiger charge is -2.05. The summed E-state index contributed by atoms with van der Waals surface area (Å²) in [6.45, 7) is 8.57. The topological polar surface area (TPSA) is 41.1 Å². The summed E-state index contributed by atoms with van der Waals surface area (Å²) in [5.74, 6) is 0.364. The van der Waals surface area contributed by atoms with Crippen LogP contribution in [0.3, 0.4) is 0 Å². The molecule has 0 saturated carbocycles. The van der Waals surface area contributed by atoms with Crippen LogP contribution in [-0.2, 0) is 4.79 Å². The van der Waals surface area contributed by atoms with E-state index in [-0.39, 0.29) is 5.91 Å². The van der Waals surface area contributed by atoms with Crippen LogP contribution in [-0.4, -0.2) is 12.5 Å². The molecule has 0 atom stereocenters. The highest BCUT2D eigenvalue weighted by molar-refractivity contribution is 5.92. The molecular weight excluding hydrogens is 152 g/mol.